The highest BCUT2D eigenvalue weighted by Crippen LogP contribution is 2.35. The van der Waals surface area contributed by atoms with E-state index in [2.05, 4.69) is 10.0 Å². The summed E-state index contributed by atoms with van der Waals surface area (Å²) in [5.41, 5.74) is 0.970. The minimum atomic E-state index is -4.01. The van der Waals surface area contributed by atoms with E-state index in [0.717, 1.165) is 0 Å². The van der Waals surface area contributed by atoms with Crippen LogP contribution in [0.4, 0.5) is 5.69 Å². The Bertz CT molecular complexity index is 1090. The summed E-state index contributed by atoms with van der Waals surface area (Å²) >= 11 is 6.10. The fraction of sp³-hybridized carbons (Fsp3) is 0.222. The highest BCUT2D eigenvalue weighted by molar-refractivity contribution is 7.89. The largest absolute Gasteiger partial charge is 0.496 e. The van der Waals surface area contributed by atoms with Gasteiger partial charge in [-0.15, -0.1) is 0 Å². The van der Waals surface area contributed by atoms with Crippen LogP contribution < -0.4 is 19.5 Å². The molecule has 0 radical (unpaired) electrons. The average molecular weight is 441 g/mol. The lowest BCUT2D eigenvalue weighted by Gasteiger charge is -2.19. The highest BCUT2D eigenvalue weighted by atomic mass is 35.5. The number of carbonyl (C=O) groups excluding carboxylic acids is 2. The monoisotopic (exact) mass is 440 g/mol. The first-order valence-electron chi connectivity index (χ1n) is 8.26. The molecule has 1 heterocycles. The summed E-state index contributed by atoms with van der Waals surface area (Å²) in [4.78, 5) is 23.0. The number of fused-ring (bicyclic) bond motifs is 1. The molecule has 2 aromatic carbocycles. The number of amides is 1. The van der Waals surface area contributed by atoms with Crippen LogP contribution in [0.5, 0.6) is 11.5 Å². The van der Waals surface area contributed by atoms with Crippen molar-refractivity contribution in [3.8, 4) is 11.5 Å². The molecule has 0 aromatic heterocycles. The van der Waals surface area contributed by atoms with Crippen molar-refractivity contribution in [2.45, 2.75) is 11.4 Å². The number of esters is 1. The first-order valence-corrected chi connectivity index (χ1v) is 10.1. The van der Waals surface area contributed by atoms with Gasteiger partial charge in [0, 0.05) is 12.6 Å². The third kappa shape index (κ3) is 4.44. The van der Waals surface area contributed by atoms with Crippen LogP contribution in [0, 0.1) is 0 Å². The van der Waals surface area contributed by atoms with Crippen LogP contribution in [0.2, 0.25) is 5.02 Å². The topological polar surface area (TPSA) is 120 Å². The Morgan fingerprint density at radius 2 is 2.03 bits per heavy atom. The van der Waals surface area contributed by atoms with E-state index >= 15 is 0 Å². The van der Waals surface area contributed by atoms with E-state index in [4.69, 9.17) is 25.8 Å². The minimum Gasteiger partial charge on any atom is -0.496 e. The number of nitrogens with one attached hydrogen (secondary N) is 2. The van der Waals surface area contributed by atoms with Gasteiger partial charge in [-0.25, -0.2) is 17.9 Å². The molecule has 11 heteroatoms. The Kier molecular flexibility index (Phi) is 5.96. The van der Waals surface area contributed by atoms with Gasteiger partial charge in [-0.05, 0) is 23.8 Å². The molecule has 0 saturated carbocycles. The molecular weight excluding hydrogens is 424 g/mol. The SMILES string of the molecule is COC(=O)c1cc(CNS(=O)(=O)c2cc3c(cc2Cl)NC(=O)CO3)ccc1OC. The van der Waals surface area contributed by atoms with Crippen LogP contribution in [-0.4, -0.2) is 41.1 Å². The Balaban J connectivity index is 1.84. The number of methoxy groups -OCH3 is 2. The number of hydrogen-bond donors (Lipinski definition) is 2. The van der Waals surface area contributed by atoms with Crippen molar-refractivity contribution in [2.24, 2.45) is 0 Å². The van der Waals surface area contributed by atoms with Crippen LogP contribution in [-0.2, 0) is 26.1 Å². The third-order valence-corrected chi connectivity index (χ3v) is 5.96. The van der Waals surface area contributed by atoms with Crippen molar-refractivity contribution in [2.75, 3.05) is 26.1 Å². The smallest absolute Gasteiger partial charge is 0.341 e. The number of carbonyl (C=O) groups is 2. The van der Waals surface area contributed by atoms with E-state index in [1.165, 1.54) is 38.5 Å². The molecule has 9 nitrogen and oxygen atoms in total. The van der Waals surface area contributed by atoms with E-state index in [1.54, 1.807) is 6.07 Å². The molecule has 0 aliphatic carbocycles. The number of ether oxygens (including phenoxy) is 3. The molecule has 0 atom stereocenters. The number of rotatable bonds is 6. The highest BCUT2D eigenvalue weighted by Gasteiger charge is 2.24. The summed E-state index contributed by atoms with van der Waals surface area (Å²) in [6, 6.07) is 7.18. The van der Waals surface area contributed by atoms with Gasteiger partial charge in [0.2, 0.25) is 10.0 Å². The molecule has 1 aliphatic heterocycles. The normalized spacial score (nSPS) is 13.1. The van der Waals surface area contributed by atoms with Crippen LogP contribution >= 0.6 is 11.6 Å². The van der Waals surface area contributed by atoms with Crippen molar-refractivity contribution in [1.82, 2.24) is 4.72 Å². The summed E-state index contributed by atoms with van der Waals surface area (Å²) in [7, 11) is -1.37. The summed E-state index contributed by atoms with van der Waals surface area (Å²) in [5.74, 6) is -0.459. The van der Waals surface area contributed by atoms with Crippen LogP contribution in [0.3, 0.4) is 0 Å². The van der Waals surface area contributed by atoms with Crippen LogP contribution in [0.25, 0.3) is 0 Å². The van der Waals surface area contributed by atoms with Crippen molar-refractivity contribution in [3.63, 3.8) is 0 Å². The second kappa shape index (κ2) is 8.27. The Labute approximate surface area is 171 Å². The average Bonchev–Trinajstić information content (AvgIpc) is 2.70. The number of anilines is 1. The molecule has 0 spiro atoms. The Morgan fingerprint density at radius 1 is 1.28 bits per heavy atom. The van der Waals surface area contributed by atoms with E-state index in [9.17, 15) is 18.0 Å². The van der Waals surface area contributed by atoms with E-state index in [-0.39, 0.29) is 40.3 Å². The first-order chi connectivity index (χ1) is 13.7. The van der Waals surface area contributed by atoms with Crippen LogP contribution in [0.15, 0.2) is 35.2 Å². The number of hydrogen-bond acceptors (Lipinski definition) is 7. The Morgan fingerprint density at radius 3 is 2.72 bits per heavy atom. The molecule has 29 heavy (non-hydrogen) atoms. The van der Waals surface area contributed by atoms with Gasteiger partial charge in [-0.1, -0.05) is 17.7 Å². The maximum absolute atomic E-state index is 12.7. The van der Waals surface area contributed by atoms with Gasteiger partial charge < -0.3 is 19.5 Å². The van der Waals surface area contributed by atoms with Gasteiger partial charge in [0.25, 0.3) is 5.91 Å². The molecule has 0 bridgehead atoms. The number of sulfonamides is 1. The van der Waals surface area contributed by atoms with E-state index in [1.807, 2.05) is 0 Å². The predicted octanol–water partition coefficient (Wildman–Crippen LogP) is 1.94. The fourth-order valence-electron chi connectivity index (χ4n) is 2.68. The van der Waals surface area contributed by atoms with Crippen molar-refractivity contribution in [1.29, 1.82) is 0 Å². The molecule has 2 N–H and O–H groups in total. The maximum atomic E-state index is 12.7. The van der Waals surface area contributed by atoms with Crippen molar-refractivity contribution >= 4 is 39.2 Å². The summed E-state index contributed by atoms with van der Waals surface area (Å²) in [5, 5.41) is 2.47. The summed E-state index contributed by atoms with van der Waals surface area (Å²) in [6.07, 6.45) is 0. The number of benzene rings is 2. The molecule has 0 unspecified atom stereocenters. The van der Waals surface area contributed by atoms with Gasteiger partial charge in [-0.2, -0.15) is 0 Å². The first kappa shape index (κ1) is 20.9. The molecule has 0 saturated heterocycles. The quantitative estimate of drug-likeness (QED) is 0.658. The van der Waals surface area contributed by atoms with E-state index in [0.29, 0.717) is 17.0 Å². The van der Waals surface area contributed by atoms with Gasteiger partial charge >= 0.3 is 5.97 Å². The lowest BCUT2D eigenvalue weighted by atomic mass is 10.1. The van der Waals surface area contributed by atoms with Gasteiger partial charge in [-0.3, -0.25) is 4.79 Å². The van der Waals surface area contributed by atoms with Gasteiger partial charge in [0.1, 0.15) is 22.0 Å². The molecule has 1 aliphatic rings. The van der Waals surface area contributed by atoms with Crippen LogP contribution in [0.1, 0.15) is 15.9 Å². The van der Waals surface area contributed by atoms with Crippen molar-refractivity contribution < 1.29 is 32.2 Å². The lowest BCUT2D eigenvalue weighted by molar-refractivity contribution is -0.118. The maximum Gasteiger partial charge on any atom is 0.341 e. The molecule has 3 rings (SSSR count). The van der Waals surface area contributed by atoms with Crippen molar-refractivity contribution in [3.05, 3.63) is 46.5 Å². The zero-order chi connectivity index (χ0) is 21.2. The van der Waals surface area contributed by atoms with Gasteiger partial charge in [0.15, 0.2) is 6.61 Å². The molecule has 2 aromatic rings. The molecule has 1 amide bonds. The van der Waals surface area contributed by atoms with E-state index < -0.39 is 16.0 Å². The van der Waals surface area contributed by atoms with Gasteiger partial charge in [0.05, 0.1) is 24.9 Å². The third-order valence-electron chi connectivity index (χ3n) is 4.09. The predicted molar refractivity (Wildman–Crippen MR) is 104 cm³/mol. The minimum absolute atomic E-state index is 0.0768. The molecule has 0 fully saturated rings. The zero-order valence-corrected chi connectivity index (χ0v) is 17.0. The summed E-state index contributed by atoms with van der Waals surface area (Å²) in [6.45, 7) is -0.328. The molecule has 154 valence electrons. The standard InChI is InChI=1S/C18H17ClN2O7S/c1-26-14-4-3-10(5-11(14)18(23)27-2)8-20-29(24,25)16-7-15-13(6-12(16)19)21-17(22)9-28-15/h3-7,20H,8-9H2,1-2H3,(H,21,22). The zero-order valence-electron chi connectivity index (χ0n) is 15.4. The second-order valence-corrected chi connectivity index (χ2v) is 8.11. The second-order valence-electron chi connectivity index (χ2n) is 5.97. The summed E-state index contributed by atoms with van der Waals surface area (Å²) < 4.78 is 42.9. The Hall–Kier alpha value is -2.82. The lowest BCUT2D eigenvalue weighted by Crippen LogP contribution is -2.27. The number of halogens is 1. The fourth-order valence-corrected chi connectivity index (χ4v) is 4.24. The molecular formula is C18H17ClN2O7S.